The summed E-state index contributed by atoms with van der Waals surface area (Å²) in [4.78, 5) is 25.3. The van der Waals surface area contributed by atoms with E-state index in [-0.39, 0.29) is 26.4 Å². The molecule has 0 radical (unpaired) electrons. The maximum absolute atomic E-state index is 12.7. The number of cyclic esters (lactones) is 2. The van der Waals surface area contributed by atoms with Gasteiger partial charge in [-0.25, -0.2) is 0 Å². The number of rotatable bonds is 3. The number of aliphatic hydroxyl groups is 2. The summed E-state index contributed by atoms with van der Waals surface area (Å²) in [5.74, 6) is -0.855. The highest BCUT2D eigenvalue weighted by Crippen LogP contribution is 2.43. The van der Waals surface area contributed by atoms with Crippen LogP contribution in [0.2, 0.25) is 0 Å². The van der Waals surface area contributed by atoms with Gasteiger partial charge in [0, 0.05) is 0 Å². The molecule has 1 rings (SSSR count). The molecule has 1 fully saturated rings. The summed E-state index contributed by atoms with van der Waals surface area (Å²) in [7, 11) is 0. The maximum atomic E-state index is 12.7. The fourth-order valence-corrected chi connectivity index (χ4v) is 3.06. The van der Waals surface area contributed by atoms with E-state index in [0.717, 1.165) is 0 Å². The van der Waals surface area contributed by atoms with Gasteiger partial charge in [-0.2, -0.15) is 0 Å². The minimum Gasteiger partial charge on any atom is -0.462 e. The van der Waals surface area contributed by atoms with Crippen LogP contribution in [0.25, 0.3) is 0 Å². The van der Waals surface area contributed by atoms with Crippen LogP contribution in [0.4, 0.5) is 0 Å². The second-order valence-corrected chi connectivity index (χ2v) is 7.12. The number of carbonyl (C=O) groups is 2. The molecule has 1 aliphatic heterocycles. The molecule has 7 nitrogen and oxygen atoms in total. The molecule has 0 aliphatic carbocycles. The minimum absolute atomic E-state index is 0.0732. The Morgan fingerprint density at radius 1 is 0.880 bits per heavy atom. The zero-order valence-corrected chi connectivity index (χ0v) is 15.7. The SMILES string of the molecule is CCC1(CC)C[C@](C)(CC)C(=O)OCC(O)COCC(O)COC1=O. The highest BCUT2D eigenvalue weighted by atomic mass is 16.6. The van der Waals surface area contributed by atoms with Gasteiger partial charge in [0.25, 0.3) is 0 Å². The maximum Gasteiger partial charge on any atom is 0.312 e. The van der Waals surface area contributed by atoms with E-state index in [1.807, 2.05) is 20.8 Å². The lowest BCUT2D eigenvalue weighted by Gasteiger charge is -2.37. The summed E-state index contributed by atoms with van der Waals surface area (Å²) in [5.41, 5.74) is -1.69. The van der Waals surface area contributed by atoms with Gasteiger partial charge in [0.1, 0.15) is 25.4 Å². The van der Waals surface area contributed by atoms with Gasteiger partial charge in [0.05, 0.1) is 24.0 Å². The molecular formula is C18H32O7. The van der Waals surface area contributed by atoms with Crippen LogP contribution in [-0.2, 0) is 23.8 Å². The lowest BCUT2D eigenvalue weighted by Crippen LogP contribution is -2.43. The first-order chi connectivity index (χ1) is 11.7. The van der Waals surface area contributed by atoms with Crippen LogP contribution in [0.3, 0.4) is 0 Å². The third-order valence-electron chi connectivity index (χ3n) is 5.22. The second kappa shape index (κ2) is 9.50. The fraction of sp³-hybridized carbons (Fsp3) is 0.889. The molecule has 0 aromatic carbocycles. The van der Waals surface area contributed by atoms with Crippen LogP contribution >= 0.6 is 0 Å². The van der Waals surface area contributed by atoms with E-state index in [1.54, 1.807) is 6.92 Å². The van der Waals surface area contributed by atoms with E-state index in [2.05, 4.69) is 0 Å². The van der Waals surface area contributed by atoms with E-state index in [9.17, 15) is 19.8 Å². The summed E-state index contributed by atoms with van der Waals surface area (Å²) < 4.78 is 15.8. The Bertz CT molecular complexity index is 447. The van der Waals surface area contributed by atoms with Crippen LogP contribution < -0.4 is 0 Å². The van der Waals surface area contributed by atoms with Gasteiger partial charge in [-0.05, 0) is 32.6 Å². The Morgan fingerprint density at radius 3 is 1.80 bits per heavy atom. The molecule has 1 saturated heterocycles. The van der Waals surface area contributed by atoms with Crippen molar-refractivity contribution in [2.45, 2.75) is 65.6 Å². The Hall–Kier alpha value is -1.18. The van der Waals surface area contributed by atoms with E-state index in [4.69, 9.17) is 14.2 Å². The number of esters is 2. The summed E-state index contributed by atoms with van der Waals surface area (Å²) in [5, 5.41) is 19.7. The first-order valence-corrected chi connectivity index (χ1v) is 9.01. The molecule has 0 spiro atoms. The van der Waals surface area contributed by atoms with Crippen molar-refractivity contribution in [3.8, 4) is 0 Å². The number of aliphatic hydroxyl groups excluding tert-OH is 2. The summed E-state index contributed by atoms with van der Waals surface area (Å²) >= 11 is 0. The van der Waals surface area contributed by atoms with Crippen LogP contribution in [0, 0.1) is 10.8 Å². The minimum atomic E-state index is -0.968. The molecule has 3 atom stereocenters. The standard InChI is InChI=1S/C18H32O7/c1-5-17(4)12-18(6-2,7-3)16(22)25-11-14(20)9-23-8-13(19)10-24-15(17)21/h13-14,19-20H,5-12H2,1-4H3/t13?,14?,17-/m0/s1. The predicted octanol–water partition coefficient (Wildman–Crippen LogP) is 1.44. The molecule has 0 bridgehead atoms. The summed E-state index contributed by atoms with van der Waals surface area (Å²) in [6, 6.07) is 0. The number of ether oxygens (including phenoxy) is 3. The van der Waals surface area contributed by atoms with Crippen LogP contribution in [0.5, 0.6) is 0 Å². The Balaban J connectivity index is 3.10. The van der Waals surface area contributed by atoms with Crippen molar-refractivity contribution >= 4 is 11.9 Å². The number of hydrogen-bond donors (Lipinski definition) is 2. The largest absolute Gasteiger partial charge is 0.462 e. The first kappa shape index (κ1) is 21.9. The topological polar surface area (TPSA) is 102 Å². The highest BCUT2D eigenvalue weighted by Gasteiger charge is 2.46. The van der Waals surface area contributed by atoms with E-state index in [0.29, 0.717) is 25.7 Å². The molecule has 2 N–H and O–H groups in total. The molecule has 0 saturated carbocycles. The van der Waals surface area contributed by atoms with Crippen molar-refractivity contribution in [2.75, 3.05) is 26.4 Å². The first-order valence-electron chi connectivity index (χ1n) is 9.01. The molecule has 2 unspecified atom stereocenters. The second-order valence-electron chi connectivity index (χ2n) is 7.12. The fourth-order valence-electron chi connectivity index (χ4n) is 3.06. The van der Waals surface area contributed by atoms with Crippen molar-refractivity contribution in [3.63, 3.8) is 0 Å². The third kappa shape index (κ3) is 5.66. The van der Waals surface area contributed by atoms with Crippen LogP contribution in [0.1, 0.15) is 53.4 Å². The molecule has 0 amide bonds. The Morgan fingerprint density at radius 2 is 1.36 bits per heavy atom. The van der Waals surface area contributed by atoms with Gasteiger partial charge in [-0.15, -0.1) is 0 Å². The Kier molecular flexibility index (Phi) is 8.31. The lowest BCUT2D eigenvalue weighted by molar-refractivity contribution is -0.171. The zero-order chi connectivity index (χ0) is 19.1. The molecule has 25 heavy (non-hydrogen) atoms. The zero-order valence-electron chi connectivity index (χ0n) is 15.7. The molecule has 146 valence electrons. The summed E-state index contributed by atoms with van der Waals surface area (Å²) in [6.07, 6.45) is -0.115. The van der Waals surface area contributed by atoms with Crippen LogP contribution in [0.15, 0.2) is 0 Å². The predicted molar refractivity (Wildman–Crippen MR) is 90.8 cm³/mol. The van der Waals surface area contributed by atoms with E-state index < -0.39 is 35.0 Å². The third-order valence-corrected chi connectivity index (χ3v) is 5.22. The monoisotopic (exact) mass is 360 g/mol. The normalized spacial score (nSPS) is 32.4. The Labute approximate surface area is 149 Å². The van der Waals surface area contributed by atoms with Gasteiger partial charge in [0.15, 0.2) is 0 Å². The number of hydrogen-bond acceptors (Lipinski definition) is 7. The average molecular weight is 360 g/mol. The van der Waals surface area contributed by atoms with Crippen molar-refractivity contribution in [1.82, 2.24) is 0 Å². The summed E-state index contributed by atoms with van der Waals surface area (Å²) in [6.45, 7) is 6.91. The van der Waals surface area contributed by atoms with Gasteiger partial charge in [-0.3, -0.25) is 9.59 Å². The van der Waals surface area contributed by atoms with Crippen LogP contribution in [-0.4, -0.2) is 60.8 Å². The lowest BCUT2D eigenvalue weighted by atomic mass is 9.68. The molecule has 0 aromatic rings. The average Bonchev–Trinajstić information content (AvgIpc) is 2.61. The van der Waals surface area contributed by atoms with Crippen molar-refractivity contribution < 1.29 is 34.0 Å². The molecular weight excluding hydrogens is 328 g/mol. The van der Waals surface area contributed by atoms with Gasteiger partial charge in [0.2, 0.25) is 0 Å². The van der Waals surface area contributed by atoms with E-state index in [1.165, 1.54) is 0 Å². The van der Waals surface area contributed by atoms with Crippen molar-refractivity contribution in [2.24, 2.45) is 10.8 Å². The van der Waals surface area contributed by atoms with Crippen molar-refractivity contribution in [1.29, 1.82) is 0 Å². The quantitative estimate of drug-likeness (QED) is 0.734. The van der Waals surface area contributed by atoms with E-state index >= 15 is 0 Å². The van der Waals surface area contributed by atoms with Gasteiger partial charge < -0.3 is 24.4 Å². The molecule has 1 aliphatic rings. The smallest absolute Gasteiger partial charge is 0.312 e. The molecule has 0 aromatic heterocycles. The number of carbonyl (C=O) groups excluding carboxylic acids is 2. The highest BCUT2D eigenvalue weighted by molar-refractivity contribution is 5.81. The molecule has 7 heteroatoms. The van der Waals surface area contributed by atoms with Crippen molar-refractivity contribution in [3.05, 3.63) is 0 Å². The van der Waals surface area contributed by atoms with Gasteiger partial charge in [-0.1, -0.05) is 20.8 Å². The van der Waals surface area contributed by atoms with Gasteiger partial charge >= 0.3 is 11.9 Å². The molecule has 1 heterocycles.